The van der Waals surface area contributed by atoms with Gasteiger partial charge in [-0.2, -0.15) is 0 Å². The summed E-state index contributed by atoms with van der Waals surface area (Å²) in [6, 6.07) is 0. The molecule has 0 aromatic carbocycles. The Hall–Kier alpha value is -1.19. The van der Waals surface area contributed by atoms with Crippen molar-refractivity contribution in [2.24, 2.45) is 11.5 Å². The monoisotopic (exact) mass is 170 g/mol. The molecule has 0 amide bonds. The fourth-order valence-corrected chi connectivity index (χ4v) is 1.34. The molecule has 4 N–H and O–H groups in total. The van der Waals surface area contributed by atoms with E-state index < -0.39 is 5.97 Å². The molecule has 0 radical (unpaired) electrons. The van der Waals surface area contributed by atoms with Crippen LogP contribution in [0, 0.1) is 0 Å². The number of hydrogen-bond donors (Lipinski definition) is 2. The summed E-state index contributed by atoms with van der Waals surface area (Å²) in [5, 5.41) is 0. The maximum atomic E-state index is 11.0. The van der Waals surface area contributed by atoms with Crippen molar-refractivity contribution in [1.82, 2.24) is 0 Å². The zero-order chi connectivity index (χ0) is 8.97. The van der Waals surface area contributed by atoms with Gasteiger partial charge in [0.25, 0.3) is 0 Å². The highest BCUT2D eigenvalue weighted by Crippen LogP contribution is 2.20. The number of rotatable bonds is 2. The number of nitrogens with two attached hydrogens (primary N) is 2. The molecule has 0 spiro atoms. The molecule has 0 bridgehead atoms. The van der Waals surface area contributed by atoms with Gasteiger partial charge in [-0.1, -0.05) is 0 Å². The Morgan fingerprint density at radius 2 is 1.92 bits per heavy atom. The van der Waals surface area contributed by atoms with Gasteiger partial charge < -0.3 is 16.2 Å². The summed E-state index contributed by atoms with van der Waals surface area (Å²) < 4.78 is 5.05. The minimum Gasteiger partial charge on any atom is -0.459 e. The molecular weight excluding hydrogens is 156 g/mol. The van der Waals surface area contributed by atoms with Crippen LogP contribution in [0.1, 0.15) is 25.7 Å². The van der Waals surface area contributed by atoms with E-state index in [1.54, 1.807) is 0 Å². The third-order valence-electron chi connectivity index (χ3n) is 1.87. The third-order valence-corrected chi connectivity index (χ3v) is 1.87. The Balaban J connectivity index is 2.30. The van der Waals surface area contributed by atoms with Crippen LogP contribution in [-0.2, 0) is 9.53 Å². The average Bonchev–Trinajstić information content (AvgIpc) is 2.37. The lowest BCUT2D eigenvalue weighted by atomic mass is 10.3. The second-order valence-corrected chi connectivity index (χ2v) is 2.99. The molecule has 68 valence electrons. The van der Waals surface area contributed by atoms with Gasteiger partial charge in [-0.25, -0.2) is 4.79 Å². The van der Waals surface area contributed by atoms with Crippen LogP contribution in [0.2, 0.25) is 0 Å². The molecule has 1 rings (SSSR count). The maximum absolute atomic E-state index is 11.0. The van der Waals surface area contributed by atoms with Crippen LogP contribution in [0.4, 0.5) is 0 Å². The molecule has 0 heterocycles. The van der Waals surface area contributed by atoms with E-state index in [1.807, 2.05) is 0 Å². The molecule has 0 saturated heterocycles. The van der Waals surface area contributed by atoms with Gasteiger partial charge in [0.05, 0.1) is 6.08 Å². The first-order valence-electron chi connectivity index (χ1n) is 4.12. The summed E-state index contributed by atoms with van der Waals surface area (Å²) in [6.45, 7) is 0. The first-order valence-corrected chi connectivity index (χ1v) is 4.12. The third kappa shape index (κ3) is 2.82. The van der Waals surface area contributed by atoms with E-state index in [4.69, 9.17) is 16.2 Å². The average molecular weight is 170 g/mol. The largest absolute Gasteiger partial charge is 0.459 e. The fraction of sp³-hybridized carbons (Fsp3) is 0.625. The Morgan fingerprint density at radius 3 is 2.42 bits per heavy atom. The summed E-state index contributed by atoms with van der Waals surface area (Å²) in [6.07, 6.45) is 5.39. The molecule has 0 atom stereocenters. The minimum atomic E-state index is -0.429. The standard InChI is InChI=1S/C8H14N2O2/c9-7(10)5-8(11)12-6-3-1-2-4-6/h5-6H,1-4,9-10H2. The second-order valence-electron chi connectivity index (χ2n) is 2.99. The molecule has 4 heteroatoms. The summed E-state index contributed by atoms with van der Waals surface area (Å²) in [4.78, 5) is 11.0. The van der Waals surface area contributed by atoms with Crippen LogP contribution < -0.4 is 11.5 Å². The Bertz CT molecular complexity index is 191. The van der Waals surface area contributed by atoms with Crippen molar-refractivity contribution >= 4 is 5.97 Å². The fourth-order valence-electron chi connectivity index (χ4n) is 1.34. The number of carbonyl (C=O) groups excluding carboxylic acids is 1. The van der Waals surface area contributed by atoms with E-state index >= 15 is 0 Å². The molecule has 1 aliphatic rings. The maximum Gasteiger partial charge on any atom is 0.334 e. The van der Waals surface area contributed by atoms with Gasteiger partial charge in [0.1, 0.15) is 11.9 Å². The molecule has 12 heavy (non-hydrogen) atoms. The highest BCUT2D eigenvalue weighted by molar-refractivity contribution is 5.82. The van der Waals surface area contributed by atoms with Crippen LogP contribution in [-0.4, -0.2) is 12.1 Å². The van der Waals surface area contributed by atoms with Gasteiger partial charge in [-0.15, -0.1) is 0 Å². The number of esters is 1. The van der Waals surface area contributed by atoms with Gasteiger partial charge in [0, 0.05) is 0 Å². The second kappa shape index (κ2) is 3.99. The molecule has 0 aromatic rings. The van der Waals surface area contributed by atoms with Crippen molar-refractivity contribution in [3.8, 4) is 0 Å². The van der Waals surface area contributed by atoms with Crippen LogP contribution in [0.3, 0.4) is 0 Å². The van der Waals surface area contributed by atoms with Crippen molar-refractivity contribution in [2.75, 3.05) is 0 Å². The first-order chi connectivity index (χ1) is 5.68. The predicted molar refractivity (Wildman–Crippen MR) is 44.8 cm³/mol. The zero-order valence-electron chi connectivity index (χ0n) is 6.95. The molecule has 4 nitrogen and oxygen atoms in total. The smallest absolute Gasteiger partial charge is 0.334 e. The molecule has 1 fully saturated rings. The van der Waals surface area contributed by atoms with E-state index in [2.05, 4.69) is 0 Å². The Morgan fingerprint density at radius 1 is 1.33 bits per heavy atom. The predicted octanol–water partition coefficient (Wildman–Crippen LogP) is 0.231. The molecule has 0 aliphatic heterocycles. The van der Waals surface area contributed by atoms with Crippen molar-refractivity contribution in [1.29, 1.82) is 0 Å². The van der Waals surface area contributed by atoms with E-state index in [0.29, 0.717) is 0 Å². The summed E-state index contributed by atoms with van der Waals surface area (Å²) in [7, 11) is 0. The number of ether oxygens (including phenoxy) is 1. The van der Waals surface area contributed by atoms with Gasteiger partial charge in [-0.3, -0.25) is 0 Å². The van der Waals surface area contributed by atoms with E-state index in [-0.39, 0.29) is 11.9 Å². The molecule has 1 aliphatic carbocycles. The minimum absolute atomic E-state index is 0.00185. The molecular formula is C8H14N2O2. The highest BCUT2D eigenvalue weighted by atomic mass is 16.5. The lowest BCUT2D eigenvalue weighted by Crippen LogP contribution is -2.16. The number of hydrogen-bond acceptors (Lipinski definition) is 4. The van der Waals surface area contributed by atoms with Crippen LogP contribution in [0.25, 0.3) is 0 Å². The lowest BCUT2D eigenvalue weighted by molar-refractivity contribution is -0.142. The van der Waals surface area contributed by atoms with Gasteiger partial charge in [0.15, 0.2) is 0 Å². The van der Waals surface area contributed by atoms with Crippen LogP contribution in [0.5, 0.6) is 0 Å². The highest BCUT2D eigenvalue weighted by Gasteiger charge is 2.17. The van der Waals surface area contributed by atoms with E-state index in [1.165, 1.54) is 0 Å². The topological polar surface area (TPSA) is 78.3 Å². The van der Waals surface area contributed by atoms with E-state index in [9.17, 15) is 4.79 Å². The van der Waals surface area contributed by atoms with Crippen molar-refractivity contribution < 1.29 is 9.53 Å². The first kappa shape index (κ1) is 8.90. The zero-order valence-corrected chi connectivity index (χ0v) is 6.95. The summed E-state index contributed by atoms with van der Waals surface area (Å²) in [5.41, 5.74) is 10.2. The van der Waals surface area contributed by atoms with Crippen molar-refractivity contribution in [3.63, 3.8) is 0 Å². The Labute approximate surface area is 71.6 Å². The van der Waals surface area contributed by atoms with Crippen LogP contribution in [0.15, 0.2) is 11.9 Å². The summed E-state index contributed by atoms with van der Waals surface area (Å²) in [5.74, 6) is -0.431. The molecule has 1 saturated carbocycles. The molecule has 0 aromatic heterocycles. The SMILES string of the molecule is NC(N)=CC(=O)OC1CCCC1. The quantitative estimate of drug-likeness (QED) is 0.459. The van der Waals surface area contributed by atoms with Gasteiger partial charge in [0.2, 0.25) is 0 Å². The van der Waals surface area contributed by atoms with Crippen LogP contribution >= 0.6 is 0 Å². The van der Waals surface area contributed by atoms with Crippen molar-refractivity contribution in [3.05, 3.63) is 11.9 Å². The molecule has 0 unspecified atom stereocenters. The summed E-state index contributed by atoms with van der Waals surface area (Å²) >= 11 is 0. The Kier molecular flexibility index (Phi) is 2.96. The lowest BCUT2D eigenvalue weighted by Gasteiger charge is -2.08. The van der Waals surface area contributed by atoms with Gasteiger partial charge in [-0.05, 0) is 25.7 Å². The number of carbonyl (C=O) groups is 1. The van der Waals surface area contributed by atoms with Gasteiger partial charge >= 0.3 is 5.97 Å². The van der Waals surface area contributed by atoms with Crippen molar-refractivity contribution in [2.45, 2.75) is 31.8 Å². The normalized spacial score (nSPS) is 17.3. The van der Waals surface area contributed by atoms with E-state index in [0.717, 1.165) is 31.8 Å².